The van der Waals surface area contributed by atoms with E-state index in [1.807, 2.05) is 18.7 Å². The minimum Gasteiger partial charge on any atom is -0.342 e. The lowest BCUT2D eigenvalue weighted by molar-refractivity contribution is -0.133. The molecular formula is C12H26N4O3S. The molecule has 1 heterocycles. The van der Waals surface area contributed by atoms with Gasteiger partial charge < -0.3 is 10.2 Å². The van der Waals surface area contributed by atoms with Crippen LogP contribution >= 0.6 is 0 Å². The van der Waals surface area contributed by atoms with Crippen LogP contribution in [-0.2, 0) is 15.0 Å². The maximum Gasteiger partial charge on any atom is 0.274 e. The first-order chi connectivity index (χ1) is 9.31. The summed E-state index contributed by atoms with van der Waals surface area (Å²) < 4.78 is 24.1. The van der Waals surface area contributed by atoms with Gasteiger partial charge in [-0.25, -0.2) is 9.86 Å². The second-order valence-corrected chi connectivity index (χ2v) is 6.78. The summed E-state index contributed by atoms with van der Waals surface area (Å²) in [4.78, 5) is 14.0. The molecule has 0 aliphatic carbocycles. The Morgan fingerprint density at radius 3 is 2.80 bits per heavy atom. The van der Waals surface area contributed by atoms with Gasteiger partial charge in [-0.15, -0.1) is 0 Å². The Morgan fingerprint density at radius 2 is 2.20 bits per heavy atom. The number of piperidine rings is 1. The minimum absolute atomic E-state index is 0.124. The van der Waals surface area contributed by atoms with E-state index in [1.54, 1.807) is 0 Å². The van der Waals surface area contributed by atoms with Crippen LogP contribution < -0.4 is 15.2 Å². The largest absolute Gasteiger partial charge is 0.342 e. The van der Waals surface area contributed by atoms with Crippen LogP contribution in [0.25, 0.3) is 0 Å². The molecule has 8 heteroatoms. The molecule has 0 spiro atoms. The number of rotatable bonds is 7. The number of hydrogen-bond acceptors (Lipinski definition) is 4. The highest BCUT2D eigenvalue weighted by atomic mass is 32.2. The molecule has 1 rings (SSSR count). The van der Waals surface area contributed by atoms with Gasteiger partial charge in [0.1, 0.15) is 0 Å². The molecule has 2 unspecified atom stereocenters. The maximum atomic E-state index is 12.2. The number of carbonyl (C=O) groups is 1. The third-order valence-electron chi connectivity index (χ3n) is 3.48. The molecule has 1 amide bonds. The van der Waals surface area contributed by atoms with Crippen LogP contribution in [0.4, 0.5) is 0 Å². The predicted molar refractivity (Wildman–Crippen MR) is 78.2 cm³/mol. The van der Waals surface area contributed by atoms with Gasteiger partial charge in [0.05, 0.1) is 0 Å². The fraction of sp³-hybridized carbons (Fsp3) is 0.917. The van der Waals surface area contributed by atoms with Crippen molar-refractivity contribution in [3.05, 3.63) is 0 Å². The van der Waals surface area contributed by atoms with Gasteiger partial charge in [0.25, 0.3) is 10.2 Å². The van der Waals surface area contributed by atoms with Crippen LogP contribution in [0.3, 0.4) is 0 Å². The second kappa shape index (κ2) is 7.92. The van der Waals surface area contributed by atoms with Crippen molar-refractivity contribution in [2.45, 2.75) is 39.2 Å². The summed E-state index contributed by atoms with van der Waals surface area (Å²) in [6, 6.07) is 0.162. The Labute approximate surface area is 121 Å². The highest BCUT2D eigenvalue weighted by molar-refractivity contribution is 7.87. The van der Waals surface area contributed by atoms with E-state index < -0.39 is 10.2 Å². The van der Waals surface area contributed by atoms with Crippen LogP contribution in [0.5, 0.6) is 0 Å². The molecule has 0 aromatic rings. The molecule has 0 radical (unpaired) electrons. The SMILES string of the molecule is CCNC(C)CC(=O)N1CCCC(CNS(N)(=O)=O)C1. The number of nitrogens with one attached hydrogen (secondary N) is 2. The molecule has 1 saturated heterocycles. The number of amides is 1. The Kier molecular flexibility index (Phi) is 6.87. The average molecular weight is 306 g/mol. The average Bonchev–Trinajstić information content (AvgIpc) is 2.36. The minimum atomic E-state index is -3.65. The van der Waals surface area contributed by atoms with Gasteiger partial charge in [-0.1, -0.05) is 6.92 Å². The van der Waals surface area contributed by atoms with E-state index in [9.17, 15) is 13.2 Å². The summed E-state index contributed by atoms with van der Waals surface area (Å²) in [5.41, 5.74) is 0. The summed E-state index contributed by atoms with van der Waals surface area (Å²) in [6.07, 6.45) is 2.29. The summed E-state index contributed by atoms with van der Waals surface area (Å²) >= 11 is 0. The third-order valence-corrected chi connectivity index (χ3v) is 4.05. The number of nitrogens with zero attached hydrogens (tertiary/aromatic N) is 1. The Balaban J connectivity index is 2.41. The van der Waals surface area contributed by atoms with Gasteiger partial charge in [0, 0.05) is 32.1 Å². The van der Waals surface area contributed by atoms with Crippen molar-refractivity contribution >= 4 is 16.1 Å². The lowest BCUT2D eigenvalue weighted by atomic mass is 9.98. The molecule has 0 saturated carbocycles. The molecule has 1 fully saturated rings. The summed E-state index contributed by atoms with van der Waals surface area (Å²) in [5.74, 6) is 0.263. The van der Waals surface area contributed by atoms with E-state index in [0.717, 1.165) is 25.9 Å². The fourth-order valence-corrected chi connectivity index (χ4v) is 2.97. The standard InChI is InChI=1S/C12H26N4O3S/c1-3-14-10(2)7-12(17)16-6-4-5-11(9-16)8-15-20(13,18)19/h10-11,14-15H,3-9H2,1-2H3,(H2,13,18,19). The highest BCUT2D eigenvalue weighted by Gasteiger charge is 2.24. The smallest absolute Gasteiger partial charge is 0.274 e. The molecule has 0 aromatic heterocycles. The number of nitrogens with two attached hydrogens (primary N) is 1. The molecule has 2 atom stereocenters. The molecule has 118 valence electrons. The molecule has 20 heavy (non-hydrogen) atoms. The zero-order valence-corrected chi connectivity index (χ0v) is 13.1. The van der Waals surface area contributed by atoms with Gasteiger partial charge in [0.2, 0.25) is 5.91 Å². The predicted octanol–water partition coefficient (Wildman–Crippen LogP) is -0.594. The first-order valence-electron chi connectivity index (χ1n) is 7.10. The van der Waals surface area contributed by atoms with Gasteiger partial charge >= 0.3 is 0 Å². The zero-order valence-electron chi connectivity index (χ0n) is 12.3. The fourth-order valence-electron chi connectivity index (χ4n) is 2.50. The van der Waals surface area contributed by atoms with Crippen molar-refractivity contribution in [3.63, 3.8) is 0 Å². The van der Waals surface area contributed by atoms with Crippen LogP contribution in [0.15, 0.2) is 0 Å². The third kappa shape index (κ3) is 6.65. The van der Waals surface area contributed by atoms with Crippen LogP contribution in [0, 0.1) is 5.92 Å². The van der Waals surface area contributed by atoms with Crippen LogP contribution in [-0.4, -0.2) is 51.4 Å². The van der Waals surface area contributed by atoms with Gasteiger partial charge in [-0.05, 0) is 32.2 Å². The molecule has 0 bridgehead atoms. The molecule has 1 aliphatic rings. The normalized spacial score (nSPS) is 21.8. The van der Waals surface area contributed by atoms with Crippen molar-refractivity contribution < 1.29 is 13.2 Å². The lowest BCUT2D eigenvalue weighted by Crippen LogP contribution is -2.46. The lowest BCUT2D eigenvalue weighted by Gasteiger charge is -2.33. The second-order valence-electron chi connectivity index (χ2n) is 5.40. The summed E-state index contributed by atoms with van der Waals surface area (Å²) in [5, 5.41) is 8.13. The van der Waals surface area contributed by atoms with Crippen LogP contribution in [0.1, 0.15) is 33.1 Å². The zero-order chi connectivity index (χ0) is 15.2. The van der Waals surface area contributed by atoms with Crippen molar-refractivity contribution in [2.24, 2.45) is 11.1 Å². The van der Waals surface area contributed by atoms with Gasteiger partial charge in [-0.2, -0.15) is 8.42 Å². The topological polar surface area (TPSA) is 105 Å². The first kappa shape index (κ1) is 17.4. The van der Waals surface area contributed by atoms with Gasteiger partial charge in [-0.3, -0.25) is 4.79 Å². The maximum absolute atomic E-state index is 12.2. The quantitative estimate of drug-likeness (QED) is 0.584. The van der Waals surface area contributed by atoms with Crippen LogP contribution in [0.2, 0.25) is 0 Å². The van der Waals surface area contributed by atoms with E-state index in [1.165, 1.54) is 0 Å². The monoisotopic (exact) mass is 306 g/mol. The molecule has 4 N–H and O–H groups in total. The Bertz CT molecular complexity index is 413. The summed E-state index contributed by atoms with van der Waals surface area (Å²) in [7, 11) is -3.65. The Morgan fingerprint density at radius 1 is 1.50 bits per heavy atom. The molecule has 0 aromatic carbocycles. The van der Waals surface area contributed by atoms with Gasteiger partial charge in [0.15, 0.2) is 0 Å². The highest BCUT2D eigenvalue weighted by Crippen LogP contribution is 2.17. The van der Waals surface area contributed by atoms with E-state index in [-0.39, 0.29) is 17.9 Å². The van der Waals surface area contributed by atoms with Crippen molar-refractivity contribution in [3.8, 4) is 0 Å². The van der Waals surface area contributed by atoms with E-state index in [2.05, 4.69) is 10.0 Å². The molecular weight excluding hydrogens is 280 g/mol. The number of carbonyl (C=O) groups excluding carboxylic acids is 1. The van der Waals surface area contributed by atoms with E-state index in [0.29, 0.717) is 19.5 Å². The van der Waals surface area contributed by atoms with E-state index >= 15 is 0 Å². The Hall–Kier alpha value is -0.700. The molecule has 7 nitrogen and oxygen atoms in total. The van der Waals surface area contributed by atoms with Crippen molar-refractivity contribution in [1.29, 1.82) is 0 Å². The molecule has 1 aliphatic heterocycles. The van der Waals surface area contributed by atoms with E-state index in [4.69, 9.17) is 5.14 Å². The summed E-state index contributed by atoms with van der Waals surface area (Å²) in [6.45, 7) is 6.49. The number of hydrogen-bond donors (Lipinski definition) is 3. The van der Waals surface area contributed by atoms with Crippen molar-refractivity contribution in [2.75, 3.05) is 26.2 Å². The first-order valence-corrected chi connectivity index (χ1v) is 8.65. The van der Waals surface area contributed by atoms with Crippen molar-refractivity contribution in [1.82, 2.24) is 14.9 Å². The number of likely N-dealkylation sites (tertiary alicyclic amines) is 1.